The van der Waals surface area contributed by atoms with Crippen molar-refractivity contribution in [3.05, 3.63) is 32.4 Å². The highest BCUT2D eigenvalue weighted by Gasteiger charge is 2.32. The van der Waals surface area contributed by atoms with Crippen molar-refractivity contribution in [1.82, 2.24) is 4.90 Å². The first kappa shape index (κ1) is 15.1. The van der Waals surface area contributed by atoms with Gasteiger partial charge in [-0.3, -0.25) is 4.79 Å². The second-order valence-electron chi connectivity index (χ2n) is 5.01. The SMILES string of the molecule is CC1CCCC(CN)N1C(=O)c1cc(Cl)ccc1I. The van der Waals surface area contributed by atoms with Crippen LogP contribution in [0.5, 0.6) is 0 Å². The number of benzene rings is 1. The first-order chi connectivity index (χ1) is 9.04. The molecule has 1 aromatic carbocycles. The van der Waals surface area contributed by atoms with Crippen LogP contribution in [0.25, 0.3) is 0 Å². The molecule has 0 aliphatic carbocycles. The molecule has 0 aromatic heterocycles. The molecule has 2 atom stereocenters. The van der Waals surface area contributed by atoms with E-state index in [0.717, 1.165) is 22.8 Å². The Morgan fingerprint density at radius 3 is 2.95 bits per heavy atom. The van der Waals surface area contributed by atoms with Crippen LogP contribution in [-0.2, 0) is 0 Å². The minimum Gasteiger partial charge on any atom is -0.332 e. The van der Waals surface area contributed by atoms with Crippen molar-refractivity contribution in [3.63, 3.8) is 0 Å². The summed E-state index contributed by atoms with van der Waals surface area (Å²) >= 11 is 8.18. The topological polar surface area (TPSA) is 46.3 Å². The van der Waals surface area contributed by atoms with Gasteiger partial charge in [0.1, 0.15) is 0 Å². The number of hydrogen-bond donors (Lipinski definition) is 1. The standard InChI is InChI=1S/C14H18ClIN2O/c1-9-3-2-4-11(8-17)18(9)14(19)12-7-10(15)5-6-13(12)16/h5-7,9,11H,2-4,8,17H2,1H3. The van der Waals surface area contributed by atoms with Crippen LogP contribution in [0.2, 0.25) is 5.02 Å². The molecule has 5 heteroatoms. The Hall–Kier alpha value is -0.330. The van der Waals surface area contributed by atoms with Gasteiger partial charge in [0.2, 0.25) is 0 Å². The van der Waals surface area contributed by atoms with E-state index in [1.54, 1.807) is 12.1 Å². The monoisotopic (exact) mass is 392 g/mol. The van der Waals surface area contributed by atoms with E-state index in [-0.39, 0.29) is 18.0 Å². The number of halogens is 2. The van der Waals surface area contributed by atoms with E-state index in [1.165, 1.54) is 0 Å². The van der Waals surface area contributed by atoms with Crippen molar-refractivity contribution in [3.8, 4) is 0 Å². The third-order valence-corrected chi connectivity index (χ3v) is 4.87. The second-order valence-corrected chi connectivity index (χ2v) is 6.60. The van der Waals surface area contributed by atoms with Crippen LogP contribution in [0, 0.1) is 3.57 Å². The number of nitrogens with zero attached hydrogens (tertiary/aromatic N) is 1. The van der Waals surface area contributed by atoms with Gasteiger partial charge in [0.05, 0.1) is 5.56 Å². The van der Waals surface area contributed by atoms with Gasteiger partial charge in [0.25, 0.3) is 5.91 Å². The number of hydrogen-bond acceptors (Lipinski definition) is 2. The van der Waals surface area contributed by atoms with E-state index < -0.39 is 0 Å². The summed E-state index contributed by atoms with van der Waals surface area (Å²) in [7, 11) is 0. The number of nitrogens with two attached hydrogens (primary N) is 1. The Morgan fingerprint density at radius 2 is 2.26 bits per heavy atom. The Bertz CT molecular complexity index is 481. The summed E-state index contributed by atoms with van der Waals surface area (Å²) in [5.74, 6) is 0.0505. The average molecular weight is 393 g/mol. The van der Waals surface area contributed by atoms with Gasteiger partial charge in [0, 0.05) is 27.2 Å². The maximum Gasteiger partial charge on any atom is 0.255 e. The quantitative estimate of drug-likeness (QED) is 0.785. The molecule has 104 valence electrons. The number of carbonyl (C=O) groups excluding carboxylic acids is 1. The molecule has 2 rings (SSSR count). The fourth-order valence-corrected chi connectivity index (χ4v) is 3.42. The summed E-state index contributed by atoms with van der Waals surface area (Å²) in [6.45, 7) is 2.62. The van der Waals surface area contributed by atoms with Gasteiger partial charge in [-0.15, -0.1) is 0 Å². The van der Waals surface area contributed by atoms with Crippen LogP contribution >= 0.6 is 34.2 Å². The summed E-state index contributed by atoms with van der Waals surface area (Å²) in [5.41, 5.74) is 6.50. The lowest BCUT2D eigenvalue weighted by Gasteiger charge is -2.40. The fraction of sp³-hybridized carbons (Fsp3) is 0.500. The second kappa shape index (κ2) is 6.41. The average Bonchev–Trinajstić information content (AvgIpc) is 2.40. The lowest BCUT2D eigenvalue weighted by molar-refractivity contribution is 0.0493. The lowest BCUT2D eigenvalue weighted by atomic mass is 9.95. The first-order valence-corrected chi connectivity index (χ1v) is 7.98. The minimum atomic E-state index is 0.0505. The van der Waals surface area contributed by atoms with E-state index in [4.69, 9.17) is 17.3 Å². The molecule has 0 radical (unpaired) electrons. The Labute approximate surface area is 132 Å². The third-order valence-electron chi connectivity index (χ3n) is 3.69. The van der Waals surface area contributed by atoms with Crippen molar-refractivity contribution in [2.45, 2.75) is 38.3 Å². The smallest absolute Gasteiger partial charge is 0.255 e. The molecular weight excluding hydrogens is 375 g/mol. The number of amides is 1. The zero-order valence-electron chi connectivity index (χ0n) is 10.9. The molecule has 1 fully saturated rings. The molecule has 0 saturated carbocycles. The van der Waals surface area contributed by atoms with Crippen molar-refractivity contribution in [1.29, 1.82) is 0 Å². The van der Waals surface area contributed by atoms with Gasteiger partial charge in [-0.25, -0.2) is 0 Å². The Kier molecular flexibility index (Phi) is 5.09. The molecule has 1 aliphatic rings. The predicted molar refractivity (Wildman–Crippen MR) is 86.5 cm³/mol. The van der Waals surface area contributed by atoms with Crippen molar-refractivity contribution >= 4 is 40.1 Å². The van der Waals surface area contributed by atoms with Gasteiger partial charge < -0.3 is 10.6 Å². The van der Waals surface area contributed by atoms with E-state index >= 15 is 0 Å². The number of rotatable bonds is 2. The molecule has 0 bridgehead atoms. The third kappa shape index (κ3) is 3.23. The summed E-state index contributed by atoms with van der Waals surface area (Å²) in [4.78, 5) is 14.7. The van der Waals surface area contributed by atoms with Crippen LogP contribution < -0.4 is 5.73 Å². The van der Waals surface area contributed by atoms with Crippen LogP contribution in [0.3, 0.4) is 0 Å². The summed E-state index contributed by atoms with van der Waals surface area (Å²) < 4.78 is 0.931. The predicted octanol–water partition coefficient (Wildman–Crippen LogP) is 3.29. The molecule has 2 unspecified atom stereocenters. The van der Waals surface area contributed by atoms with E-state index in [9.17, 15) is 4.79 Å². The van der Waals surface area contributed by atoms with E-state index in [2.05, 4.69) is 29.5 Å². The van der Waals surface area contributed by atoms with Crippen molar-refractivity contribution < 1.29 is 4.79 Å². The molecule has 1 heterocycles. The van der Waals surface area contributed by atoms with Crippen molar-refractivity contribution in [2.75, 3.05) is 6.54 Å². The van der Waals surface area contributed by atoms with Gasteiger partial charge in [-0.1, -0.05) is 11.6 Å². The zero-order chi connectivity index (χ0) is 14.0. The number of piperidine rings is 1. The van der Waals surface area contributed by atoms with Gasteiger partial charge >= 0.3 is 0 Å². The van der Waals surface area contributed by atoms with Gasteiger partial charge in [-0.2, -0.15) is 0 Å². The van der Waals surface area contributed by atoms with Crippen LogP contribution in [0.1, 0.15) is 36.5 Å². The van der Waals surface area contributed by atoms with Crippen LogP contribution in [0.15, 0.2) is 18.2 Å². The molecule has 1 amide bonds. The maximum atomic E-state index is 12.8. The summed E-state index contributed by atoms with van der Waals surface area (Å²) in [5, 5.41) is 0.595. The largest absolute Gasteiger partial charge is 0.332 e. The molecular formula is C14H18ClIN2O. The highest BCUT2D eigenvalue weighted by molar-refractivity contribution is 14.1. The van der Waals surface area contributed by atoms with Gasteiger partial charge in [-0.05, 0) is 67.0 Å². The van der Waals surface area contributed by atoms with Gasteiger partial charge in [0.15, 0.2) is 0 Å². The molecule has 1 aromatic rings. The maximum absolute atomic E-state index is 12.8. The molecule has 1 saturated heterocycles. The van der Waals surface area contributed by atoms with Crippen LogP contribution in [-0.4, -0.2) is 29.4 Å². The molecule has 2 N–H and O–H groups in total. The van der Waals surface area contributed by atoms with Crippen LogP contribution in [0.4, 0.5) is 0 Å². The first-order valence-electron chi connectivity index (χ1n) is 6.52. The number of likely N-dealkylation sites (tertiary alicyclic amines) is 1. The summed E-state index contributed by atoms with van der Waals surface area (Å²) in [6, 6.07) is 5.82. The Morgan fingerprint density at radius 1 is 1.53 bits per heavy atom. The fourth-order valence-electron chi connectivity index (χ4n) is 2.68. The normalized spacial score (nSPS) is 23.5. The zero-order valence-corrected chi connectivity index (χ0v) is 13.8. The van der Waals surface area contributed by atoms with Crippen molar-refractivity contribution in [2.24, 2.45) is 5.73 Å². The lowest BCUT2D eigenvalue weighted by Crippen LogP contribution is -2.52. The molecule has 19 heavy (non-hydrogen) atoms. The molecule has 1 aliphatic heterocycles. The minimum absolute atomic E-state index is 0.0505. The van der Waals surface area contributed by atoms with E-state index in [1.807, 2.05) is 11.0 Å². The highest BCUT2D eigenvalue weighted by Crippen LogP contribution is 2.27. The Balaban J connectivity index is 2.33. The number of carbonyl (C=O) groups is 1. The highest BCUT2D eigenvalue weighted by atomic mass is 127. The molecule has 0 spiro atoms. The van der Waals surface area contributed by atoms with E-state index in [0.29, 0.717) is 17.1 Å². The summed E-state index contributed by atoms with van der Waals surface area (Å²) in [6.07, 6.45) is 3.17. The molecule has 3 nitrogen and oxygen atoms in total.